The Hall–Kier alpha value is -0.600. The largest absolute Gasteiger partial charge is 0.330 e. The molecule has 1 aliphatic carbocycles. The smallest absolute Gasteiger partial charge is 0.123 e. The summed E-state index contributed by atoms with van der Waals surface area (Å²) in [6.45, 7) is 0.664. The van der Waals surface area contributed by atoms with E-state index >= 15 is 0 Å². The first-order chi connectivity index (χ1) is 8.22. The van der Waals surface area contributed by atoms with Crippen LogP contribution in [0.4, 0.5) is 4.39 Å². The van der Waals surface area contributed by atoms with Crippen LogP contribution in [-0.2, 0) is 0 Å². The molecule has 1 aromatic rings. The molecule has 1 aliphatic rings. The molecule has 0 heterocycles. The maximum atomic E-state index is 13.3. The first-order valence-corrected chi connectivity index (χ1v) is 6.75. The second-order valence-electron chi connectivity index (χ2n) is 4.91. The average Bonchev–Trinajstić information content (AvgIpc) is 2.57. The molecule has 1 fully saturated rings. The zero-order valence-electron chi connectivity index (χ0n) is 9.96. The van der Waals surface area contributed by atoms with Crippen molar-refractivity contribution in [2.75, 3.05) is 6.54 Å². The minimum absolute atomic E-state index is 0.204. The van der Waals surface area contributed by atoms with Crippen molar-refractivity contribution in [1.82, 2.24) is 0 Å². The maximum absolute atomic E-state index is 13.3. The Labute approximate surface area is 107 Å². The minimum Gasteiger partial charge on any atom is -0.330 e. The van der Waals surface area contributed by atoms with Crippen molar-refractivity contribution in [2.24, 2.45) is 11.7 Å². The zero-order chi connectivity index (χ0) is 12.3. The minimum atomic E-state index is -0.204. The van der Waals surface area contributed by atoms with Gasteiger partial charge in [0, 0.05) is 5.02 Å². The van der Waals surface area contributed by atoms with Crippen LogP contribution >= 0.6 is 11.6 Å². The summed E-state index contributed by atoms with van der Waals surface area (Å²) in [5.41, 5.74) is 6.80. The van der Waals surface area contributed by atoms with E-state index in [1.54, 1.807) is 12.1 Å². The van der Waals surface area contributed by atoms with Gasteiger partial charge >= 0.3 is 0 Å². The van der Waals surface area contributed by atoms with Crippen LogP contribution in [0.15, 0.2) is 18.2 Å². The number of rotatable bonds is 2. The zero-order valence-corrected chi connectivity index (χ0v) is 10.7. The van der Waals surface area contributed by atoms with E-state index in [9.17, 15) is 4.39 Å². The predicted octanol–water partition coefficient (Wildman–Crippen LogP) is 4.10. The summed E-state index contributed by atoms with van der Waals surface area (Å²) < 4.78 is 13.3. The van der Waals surface area contributed by atoms with Gasteiger partial charge in [-0.15, -0.1) is 0 Å². The van der Waals surface area contributed by atoms with Crippen molar-refractivity contribution in [3.63, 3.8) is 0 Å². The monoisotopic (exact) mass is 255 g/mol. The second-order valence-corrected chi connectivity index (χ2v) is 5.31. The normalized spacial score (nSPS) is 25.6. The standard InChI is InChI=1S/C14H19ClFN/c15-14-7-6-11(16)8-13(14)12-5-3-1-2-4-10(12)9-17/h6-8,10,12H,1-5,9,17H2. The summed E-state index contributed by atoms with van der Waals surface area (Å²) in [6.07, 6.45) is 5.87. The number of benzene rings is 1. The molecule has 1 saturated carbocycles. The van der Waals surface area contributed by atoms with Crippen LogP contribution in [-0.4, -0.2) is 6.54 Å². The third kappa shape index (κ3) is 2.99. The summed E-state index contributed by atoms with van der Waals surface area (Å²) >= 11 is 6.20. The van der Waals surface area contributed by atoms with E-state index in [0.29, 0.717) is 23.4 Å². The fourth-order valence-corrected chi connectivity index (χ4v) is 3.13. The van der Waals surface area contributed by atoms with Crippen LogP contribution in [0.1, 0.15) is 43.6 Å². The lowest BCUT2D eigenvalue weighted by Gasteiger charge is -2.25. The lowest BCUT2D eigenvalue weighted by molar-refractivity contribution is 0.407. The Morgan fingerprint density at radius 3 is 2.76 bits per heavy atom. The van der Waals surface area contributed by atoms with E-state index < -0.39 is 0 Å². The van der Waals surface area contributed by atoms with E-state index in [0.717, 1.165) is 18.4 Å². The fraction of sp³-hybridized carbons (Fsp3) is 0.571. The molecule has 2 atom stereocenters. The van der Waals surface area contributed by atoms with Crippen molar-refractivity contribution in [2.45, 2.75) is 38.0 Å². The van der Waals surface area contributed by atoms with Crippen LogP contribution in [0.5, 0.6) is 0 Å². The molecule has 0 saturated heterocycles. The van der Waals surface area contributed by atoms with Crippen LogP contribution in [0.2, 0.25) is 5.02 Å². The van der Waals surface area contributed by atoms with Crippen LogP contribution in [0, 0.1) is 11.7 Å². The third-order valence-electron chi connectivity index (χ3n) is 3.82. The van der Waals surface area contributed by atoms with Gasteiger partial charge in [-0.05, 0) is 55.0 Å². The summed E-state index contributed by atoms with van der Waals surface area (Å²) in [6, 6.07) is 4.66. The highest BCUT2D eigenvalue weighted by Crippen LogP contribution is 2.39. The maximum Gasteiger partial charge on any atom is 0.123 e. The number of nitrogens with two attached hydrogens (primary N) is 1. The van der Waals surface area contributed by atoms with E-state index in [4.69, 9.17) is 17.3 Å². The number of hydrogen-bond acceptors (Lipinski definition) is 1. The number of hydrogen-bond donors (Lipinski definition) is 1. The summed E-state index contributed by atoms with van der Waals surface area (Å²) in [5.74, 6) is 0.562. The Balaban J connectivity index is 2.31. The summed E-state index contributed by atoms with van der Waals surface area (Å²) in [7, 11) is 0. The average molecular weight is 256 g/mol. The summed E-state index contributed by atoms with van der Waals surface area (Å²) in [4.78, 5) is 0. The van der Waals surface area contributed by atoms with Gasteiger partial charge in [0.25, 0.3) is 0 Å². The van der Waals surface area contributed by atoms with Crippen molar-refractivity contribution >= 4 is 11.6 Å². The van der Waals surface area contributed by atoms with E-state index in [-0.39, 0.29) is 5.82 Å². The van der Waals surface area contributed by atoms with Crippen LogP contribution in [0.3, 0.4) is 0 Å². The topological polar surface area (TPSA) is 26.0 Å². The highest BCUT2D eigenvalue weighted by atomic mass is 35.5. The Bertz CT molecular complexity index is 380. The van der Waals surface area contributed by atoms with Gasteiger partial charge in [-0.25, -0.2) is 4.39 Å². The van der Waals surface area contributed by atoms with Gasteiger partial charge in [0.05, 0.1) is 0 Å². The van der Waals surface area contributed by atoms with Crippen LogP contribution < -0.4 is 5.73 Å². The van der Waals surface area contributed by atoms with E-state index in [1.165, 1.54) is 25.3 Å². The molecule has 17 heavy (non-hydrogen) atoms. The molecule has 0 spiro atoms. The molecular weight excluding hydrogens is 237 g/mol. The molecule has 0 aliphatic heterocycles. The fourth-order valence-electron chi connectivity index (χ4n) is 2.87. The Morgan fingerprint density at radius 1 is 1.24 bits per heavy atom. The van der Waals surface area contributed by atoms with Gasteiger partial charge in [-0.1, -0.05) is 30.9 Å². The molecule has 2 unspecified atom stereocenters. The van der Waals surface area contributed by atoms with Crippen molar-refractivity contribution in [1.29, 1.82) is 0 Å². The molecule has 2 N–H and O–H groups in total. The van der Waals surface area contributed by atoms with Gasteiger partial charge in [0.15, 0.2) is 0 Å². The highest BCUT2D eigenvalue weighted by Gasteiger charge is 2.25. The van der Waals surface area contributed by atoms with Gasteiger partial charge in [-0.3, -0.25) is 0 Å². The molecular formula is C14H19ClFN. The molecule has 0 aromatic heterocycles. The molecule has 1 nitrogen and oxygen atoms in total. The van der Waals surface area contributed by atoms with Gasteiger partial charge < -0.3 is 5.73 Å². The first kappa shape index (κ1) is 12.8. The van der Waals surface area contributed by atoms with Crippen LogP contribution in [0.25, 0.3) is 0 Å². The molecule has 0 amide bonds. The van der Waals surface area contributed by atoms with Gasteiger partial charge in [0.1, 0.15) is 5.82 Å². The van der Waals surface area contributed by atoms with Crippen molar-refractivity contribution in [3.05, 3.63) is 34.6 Å². The Morgan fingerprint density at radius 2 is 2.00 bits per heavy atom. The quantitative estimate of drug-likeness (QED) is 0.791. The molecule has 3 heteroatoms. The lowest BCUT2D eigenvalue weighted by atomic mass is 9.82. The van der Waals surface area contributed by atoms with Gasteiger partial charge in [-0.2, -0.15) is 0 Å². The van der Waals surface area contributed by atoms with E-state index in [1.807, 2.05) is 0 Å². The third-order valence-corrected chi connectivity index (χ3v) is 4.16. The molecule has 94 valence electrons. The van der Waals surface area contributed by atoms with Crippen molar-refractivity contribution < 1.29 is 4.39 Å². The second kappa shape index (κ2) is 5.83. The number of halogens is 2. The molecule has 2 rings (SSSR count). The molecule has 0 bridgehead atoms. The SMILES string of the molecule is NCC1CCCCCC1c1cc(F)ccc1Cl. The Kier molecular flexibility index (Phi) is 4.41. The first-order valence-electron chi connectivity index (χ1n) is 6.37. The molecule has 0 radical (unpaired) electrons. The summed E-state index contributed by atoms with van der Waals surface area (Å²) in [5, 5.41) is 0.678. The van der Waals surface area contributed by atoms with Gasteiger partial charge in [0.2, 0.25) is 0 Å². The van der Waals surface area contributed by atoms with E-state index in [2.05, 4.69) is 0 Å². The highest BCUT2D eigenvalue weighted by molar-refractivity contribution is 6.31. The molecule has 1 aromatic carbocycles. The lowest BCUT2D eigenvalue weighted by Crippen LogP contribution is -2.21. The van der Waals surface area contributed by atoms with Crippen molar-refractivity contribution in [3.8, 4) is 0 Å². The predicted molar refractivity (Wildman–Crippen MR) is 69.8 cm³/mol.